The fourth-order valence-electron chi connectivity index (χ4n) is 2.00. The predicted molar refractivity (Wildman–Crippen MR) is 55.8 cm³/mol. The topological polar surface area (TPSA) is 29.9 Å². The van der Waals surface area contributed by atoms with Gasteiger partial charge in [0.15, 0.2) is 0 Å². The smallest absolute Gasteiger partial charge is 0.109 e. The maximum atomic E-state index is 4.38. The van der Waals surface area contributed by atoms with E-state index in [-0.39, 0.29) is 0 Å². The number of fused-ring (bicyclic) bond motifs is 1. The van der Waals surface area contributed by atoms with Gasteiger partial charge in [-0.2, -0.15) is 0 Å². The summed E-state index contributed by atoms with van der Waals surface area (Å²) in [6.07, 6.45) is 5.54. The number of likely N-dealkylation sites (N-methyl/N-ethyl adjacent to an activating group) is 1. The number of aromatic nitrogens is 2. The minimum Gasteiger partial charge on any atom is -0.318 e. The van der Waals surface area contributed by atoms with Crippen LogP contribution in [0.4, 0.5) is 0 Å². The first-order chi connectivity index (χ1) is 6.33. The van der Waals surface area contributed by atoms with Crippen LogP contribution < -0.4 is 5.32 Å². The minimum atomic E-state index is 0.575. The third-order valence-corrected chi connectivity index (χ3v) is 3.16. The van der Waals surface area contributed by atoms with Crippen molar-refractivity contribution in [2.75, 3.05) is 13.6 Å². The highest BCUT2D eigenvalue weighted by Crippen LogP contribution is 2.28. The second-order valence-corrected chi connectivity index (χ2v) is 4.28. The number of hydrogen-bond acceptors (Lipinski definition) is 2. The van der Waals surface area contributed by atoms with Crippen LogP contribution in [-0.2, 0) is 6.42 Å². The highest BCUT2D eigenvalue weighted by molar-refractivity contribution is 9.10. The number of rotatable bonds is 2. The Kier molecular flexibility index (Phi) is 2.69. The van der Waals surface area contributed by atoms with Crippen LogP contribution >= 0.6 is 15.9 Å². The number of halogens is 1. The number of imidazole rings is 1. The van der Waals surface area contributed by atoms with E-state index in [2.05, 4.69) is 30.8 Å². The average Bonchev–Trinajstić information content (AvgIpc) is 2.50. The fourth-order valence-corrected chi connectivity index (χ4v) is 2.60. The average molecular weight is 244 g/mol. The van der Waals surface area contributed by atoms with Crippen molar-refractivity contribution >= 4 is 15.9 Å². The lowest BCUT2D eigenvalue weighted by Gasteiger charge is -2.25. The van der Waals surface area contributed by atoms with Gasteiger partial charge in [0.2, 0.25) is 0 Å². The van der Waals surface area contributed by atoms with Crippen LogP contribution in [0.5, 0.6) is 0 Å². The molecule has 0 aromatic carbocycles. The van der Waals surface area contributed by atoms with Crippen molar-refractivity contribution in [3.8, 4) is 0 Å². The van der Waals surface area contributed by atoms with Gasteiger partial charge in [-0.25, -0.2) is 4.98 Å². The third-order valence-electron chi connectivity index (χ3n) is 2.57. The van der Waals surface area contributed by atoms with Crippen molar-refractivity contribution in [1.29, 1.82) is 0 Å². The number of aryl methyl sites for hydroxylation is 1. The van der Waals surface area contributed by atoms with E-state index in [0.29, 0.717) is 6.04 Å². The van der Waals surface area contributed by atoms with Gasteiger partial charge in [-0.15, -0.1) is 0 Å². The molecule has 72 valence electrons. The number of hydrogen-bond donors (Lipinski definition) is 1. The Morgan fingerprint density at radius 1 is 1.77 bits per heavy atom. The number of nitrogens with zero attached hydrogens (tertiary/aromatic N) is 2. The van der Waals surface area contributed by atoms with Gasteiger partial charge < -0.3 is 9.88 Å². The molecule has 0 spiro atoms. The lowest BCUT2D eigenvalue weighted by atomic mass is 10.0. The van der Waals surface area contributed by atoms with Crippen molar-refractivity contribution in [2.45, 2.75) is 25.3 Å². The van der Waals surface area contributed by atoms with E-state index in [4.69, 9.17) is 0 Å². The van der Waals surface area contributed by atoms with E-state index in [1.807, 2.05) is 13.2 Å². The van der Waals surface area contributed by atoms with Gasteiger partial charge in [0.1, 0.15) is 10.4 Å². The molecule has 1 aromatic rings. The Morgan fingerprint density at radius 2 is 2.62 bits per heavy atom. The zero-order valence-electron chi connectivity index (χ0n) is 7.76. The Bertz CT molecular complexity index is 295. The summed E-state index contributed by atoms with van der Waals surface area (Å²) in [5, 5.41) is 3.23. The van der Waals surface area contributed by atoms with Crippen LogP contribution in [0.15, 0.2) is 10.8 Å². The van der Waals surface area contributed by atoms with E-state index < -0.39 is 0 Å². The first-order valence-corrected chi connectivity index (χ1v) is 5.48. The molecular formula is C9H14BrN3. The van der Waals surface area contributed by atoms with Gasteiger partial charge in [0.05, 0.1) is 6.20 Å². The van der Waals surface area contributed by atoms with E-state index in [1.165, 1.54) is 18.7 Å². The molecule has 0 amide bonds. The van der Waals surface area contributed by atoms with Crippen molar-refractivity contribution in [2.24, 2.45) is 0 Å². The Hall–Kier alpha value is -0.350. The lowest BCUT2D eigenvalue weighted by Crippen LogP contribution is -2.27. The summed E-state index contributed by atoms with van der Waals surface area (Å²) in [6.45, 7) is 1.03. The van der Waals surface area contributed by atoms with Crippen molar-refractivity contribution in [3.05, 3.63) is 16.6 Å². The van der Waals surface area contributed by atoms with Crippen molar-refractivity contribution < 1.29 is 0 Å². The largest absolute Gasteiger partial charge is 0.318 e. The molecule has 0 fully saturated rings. The van der Waals surface area contributed by atoms with Gasteiger partial charge in [-0.1, -0.05) is 0 Å². The lowest BCUT2D eigenvalue weighted by molar-refractivity contribution is 0.381. The van der Waals surface area contributed by atoms with Crippen LogP contribution in [0.3, 0.4) is 0 Å². The van der Waals surface area contributed by atoms with E-state index in [0.717, 1.165) is 17.6 Å². The second-order valence-electron chi connectivity index (χ2n) is 3.47. The molecule has 2 heterocycles. The summed E-state index contributed by atoms with van der Waals surface area (Å²) in [5.74, 6) is 1.22. The molecule has 1 atom stereocenters. The van der Waals surface area contributed by atoms with E-state index in [1.54, 1.807) is 0 Å². The Labute approximate surface area is 86.7 Å². The van der Waals surface area contributed by atoms with E-state index in [9.17, 15) is 0 Å². The molecule has 1 aliphatic heterocycles. The molecule has 13 heavy (non-hydrogen) atoms. The highest BCUT2D eigenvalue weighted by Gasteiger charge is 2.21. The summed E-state index contributed by atoms with van der Waals surface area (Å²) < 4.78 is 3.42. The monoisotopic (exact) mass is 243 g/mol. The van der Waals surface area contributed by atoms with Crippen molar-refractivity contribution in [3.63, 3.8) is 0 Å². The summed E-state index contributed by atoms with van der Waals surface area (Å²) in [5.41, 5.74) is 0. The third kappa shape index (κ3) is 1.65. The molecule has 0 bridgehead atoms. The minimum absolute atomic E-state index is 0.575. The van der Waals surface area contributed by atoms with Gasteiger partial charge in [-0.05, 0) is 35.8 Å². The molecule has 0 saturated heterocycles. The van der Waals surface area contributed by atoms with Crippen LogP contribution in [0, 0.1) is 0 Å². The molecule has 4 heteroatoms. The second kappa shape index (κ2) is 3.80. The standard InChI is InChI=1S/C9H14BrN3/c1-11-5-7-3-2-4-9-12-6-8(10)13(7)9/h6-7,11H,2-5H2,1H3. The maximum Gasteiger partial charge on any atom is 0.109 e. The summed E-state index contributed by atoms with van der Waals surface area (Å²) in [6, 6.07) is 0.575. The predicted octanol–water partition coefficient (Wildman–Crippen LogP) is 1.74. The zero-order chi connectivity index (χ0) is 9.26. The Balaban J connectivity index is 2.29. The molecule has 0 saturated carbocycles. The van der Waals surface area contributed by atoms with E-state index >= 15 is 0 Å². The maximum absolute atomic E-state index is 4.38. The molecule has 1 unspecified atom stereocenters. The van der Waals surface area contributed by atoms with Gasteiger partial charge in [0, 0.05) is 19.0 Å². The quantitative estimate of drug-likeness (QED) is 0.858. The Morgan fingerprint density at radius 3 is 3.38 bits per heavy atom. The molecule has 0 radical (unpaired) electrons. The van der Waals surface area contributed by atoms with Crippen LogP contribution in [-0.4, -0.2) is 23.1 Å². The van der Waals surface area contributed by atoms with Crippen LogP contribution in [0.1, 0.15) is 24.7 Å². The van der Waals surface area contributed by atoms with Gasteiger partial charge in [-0.3, -0.25) is 0 Å². The SMILES string of the molecule is CNCC1CCCc2ncc(Br)n21. The fraction of sp³-hybridized carbons (Fsp3) is 0.667. The number of nitrogens with one attached hydrogen (secondary N) is 1. The normalized spacial score (nSPS) is 21.5. The molecule has 1 N–H and O–H groups in total. The van der Waals surface area contributed by atoms with Gasteiger partial charge in [0.25, 0.3) is 0 Å². The summed E-state index contributed by atoms with van der Waals surface area (Å²) >= 11 is 3.54. The zero-order valence-corrected chi connectivity index (χ0v) is 9.34. The van der Waals surface area contributed by atoms with Gasteiger partial charge >= 0.3 is 0 Å². The molecule has 2 rings (SSSR count). The van der Waals surface area contributed by atoms with Crippen LogP contribution in [0.2, 0.25) is 0 Å². The molecule has 1 aliphatic rings. The van der Waals surface area contributed by atoms with Crippen LogP contribution in [0.25, 0.3) is 0 Å². The summed E-state index contributed by atoms with van der Waals surface area (Å²) in [7, 11) is 2.00. The molecular weight excluding hydrogens is 230 g/mol. The van der Waals surface area contributed by atoms with Crippen molar-refractivity contribution in [1.82, 2.24) is 14.9 Å². The highest BCUT2D eigenvalue weighted by atomic mass is 79.9. The first kappa shape index (κ1) is 9.21. The molecule has 3 nitrogen and oxygen atoms in total. The molecule has 0 aliphatic carbocycles. The summed E-state index contributed by atoms with van der Waals surface area (Å²) in [4.78, 5) is 4.38. The molecule has 1 aromatic heterocycles. The first-order valence-electron chi connectivity index (χ1n) is 4.69.